The van der Waals surface area contributed by atoms with Crippen LogP contribution >= 0.6 is 11.3 Å². The van der Waals surface area contributed by atoms with Crippen molar-refractivity contribution in [3.05, 3.63) is 48.0 Å². The summed E-state index contributed by atoms with van der Waals surface area (Å²) in [7, 11) is -3.96. The van der Waals surface area contributed by atoms with Gasteiger partial charge in [0.1, 0.15) is 34.3 Å². The number of carbonyl (C=O) groups excluding carboxylic acids is 5. The molecule has 4 N–H and O–H groups in total. The highest BCUT2D eigenvalue weighted by atomic mass is 32.2. The molecule has 5 atom stereocenters. The van der Waals surface area contributed by atoms with Gasteiger partial charge in [-0.25, -0.2) is 23.0 Å². The first-order valence-electron chi connectivity index (χ1n) is 17.9. The van der Waals surface area contributed by atoms with Crippen LogP contribution < -0.4 is 20.7 Å². The van der Waals surface area contributed by atoms with Crippen molar-refractivity contribution in [1.29, 1.82) is 0 Å². The number of ether oxygens (including phenoxy) is 2. The van der Waals surface area contributed by atoms with E-state index in [9.17, 15) is 32.4 Å². The molecule has 1 saturated heterocycles. The van der Waals surface area contributed by atoms with Gasteiger partial charge in [-0.2, -0.15) is 0 Å². The molecule has 3 aliphatic rings. The first-order chi connectivity index (χ1) is 25.1. The summed E-state index contributed by atoms with van der Waals surface area (Å²) in [6, 6.07) is 3.04. The lowest BCUT2D eigenvalue weighted by Crippen LogP contribution is -2.60. The predicted octanol–water partition coefficient (Wildman–Crippen LogP) is 4.49. The van der Waals surface area contributed by atoms with Gasteiger partial charge in [0.25, 0.3) is 5.91 Å². The maximum absolute atomic E-state index is 14.4. The topological polar surface area (TPSA) is 202 Å². The van der Waals surface area contributed by atoms with Gasteiger partial charge in [0.15, 0.2) is 0 Å². The fourth-order valence-electron chi connectivity index (χ4n) is 6.42. The smallest absolute Gasteiger partial charge is 0.411 e. The van der Waals surface area contributed by atoms with Gasteiger partial charge in [0.2, 0.25) is 21.8 Å². The van der Waals surface area contributed by atoms with Gasteiger partial charge in [-0.3, -0.25) is 24.4 Å². The van der Waals surface area contributed by atoms with Crippen molar-refractivity contribution in [2.45, 2.75) is 103 Å². The van der Waals surface area contributed by atoms with Crippen LogP contribution in [0.25, 0.3) is 10.6 Å². The Morgan fingerprint density at radius 3 is 2.39 bits per heavy atom. The average molecular weight is 787 g/mol. The van der Waals surface area contributed by atoms with Gasteiger partial charge in [-0.1, -0.05) is 32.9 Å². The summed E-state index contributed by atoms with van der Waals surface area (Å²) < 4.78 is 38.9. The molecule has 1 aromatic carbocycles. The lowest BCUT2D eigenvalue weighted by molar-refractivity contribution is -0.143. The van der Waals surface area contributed by atoms with Crippen molar-refractivity contribution < 1.29 is 41.9 Å². The maximum Gasteiger partial charge on any atom is 0.411 e. The molecule has 2 saturated carbocycles. The molecule has 54 heavy (non-hydrogen) atoms. The van der Waals surface area contributed by atoms with Crippen molar-refractivity contribution in [2.75, 3.05) is 17.6 Å². The Balaban J connectivity index is 1.39. The molecule has 1 unspecified atom stereocenters. The van der Waals surface area contributed by atoms with Crippen molar-refractivity contribution in [2.24, 2.45) is 17.3 Å². The number of aromatic nitrogens is 1. The number of benzene rings is 1. The lowest BCUT2D eigenvalue weighted by atomic mass is 9.85. The molecule has 5 amide bonds. The largest absolute Gasteiger partial charge is 0.444 e. The molecule has 2 aliphatic carbocycles. The van der Waals surface area contributed by atoms with Crippen LogP contribution in [0.3, 0.4) is 0 Å². The van der Waals surface area contributed by atoms with E-state index in [2.05, 4.69) is 32.2 Å². The molecular weight excluding hydrogens is 737 g/mol. The lowest BCUT2D eigenvalue weighted by Gasteiger charge is -2.36. The molecule has 294 valence electrons. The van der Waals surface area contributed by atoms with Crippen LogP contribution in [0.4, 0.5) is 15.3 Å². The highest BCUT2D eigenvalue weighted by Crippen LogP contribution is 2.45. The zero-order chi connectivity index (χ0) is 39.8. The number of aryl methyl sites for hydroxylation is 1. The van der Waals surface area contributed by atoms with Gasteiger partial charge in [-0.15, -0.1) is 17.9 Å². The van der Waals surface area contributed by atoms with E-state index in [0.717, 1.165) is 18.4 Å². The number of hydrogen-bond acceptors (Lipinski definition) is 11. The standard InChI is InChI=1S/C37H50N6O9S2/c1-9-23-18-37(23,32(46)42-54(49,50)20-22-11-12-22)41-29(44)27-17-24(19-43(27)31(45)28(35(3,4)5)40-34(48)52-36(6,7)8)51-33(47)39-26-16-21(2)10-13-25(26)30-38-14-15-53-30/h9-10,13-16,22-24,27-28H,1,11-12,17-20H2,2-8H3,(H,39,47)(H,40,48)(H,41,44)(H,42,46)/t23?,24-,27+,28-,37-/m1/s1. The fourth-order valence-corrected chi connectivity index (χ4v) is 8.60. The molecule has 0 spiro atoms. The maximum atomic E-state index is 14.4. The minimum absolute atomic E-state index is 0.0163. The second-order valence-electron chi connectivity index (χ2n) is 16.4. The number of likely N-dealkylation sites (tertiary alicyclic amines) is 1. The monoisotopic (exact) mass is 786 g/mol. The van der Waals surface area contributed by atoms with E-state index in [0.29, 0.717) is 16.3 Å². The number of anilines is 1. The van der Waals surface area contributed by atoms with Crippen LogP contribution in [0.2, 0.25) is 0 Å². The van der Waals surface area contributed by atoms with E-state index in [-0.39, 0.29) is 31.1 Å². The van der Waals surface area contributed by atoms with Crippen LogP contribution in [0.1, 0.15) is 72.8 Å². The third-order valence-electron chi connectivity index (χ3n) is 9.42. The number of nitrogens with one attached hydrogen (secondary N) is 4. The zero-order valence-electron chi connectivity index (χ0n) is 31.7. The molecular formula is C37H50N6O9S2. The van der Waals surface area contributed by atoms with E-state index < -0.39 is 80.6 Å². The molecule has 1 aromatic heterocycles. The van der Waals surface area contributed by atoms with E-state index in [4.69, 9.17) is 9.47 Å². The van der Waals surface area contributed by atoms with Crippen molar-refractivity contribution in [1.82, 2.24) is 25.2 Å². The number of alkyl carbamates (subject to hydrolysis) is 1. The van der Waals surface area contributed by atoms with Crippen LogP contribution in [-0.4, -0.2) is 89.8 Å². The number of nitrogens with zero attached hydrogens (tertiary/aromatic N) is 2. The Labute approximate surface area is 320 Å². The Kier molecular flexibility index (Phi) is 11.5. The Morgan fingerprint density at radius 1 is 1.11 bits per heavy atom. The molecule has 0 radical (unpaired) electrons. The molecule has 0 bridgehead atoms. The van der Waals surface area contributed by atoms with Crippen molar-refractivity contribution in [3.63, 3.8) is 0 Å². The van der Waals surface area contributed by atoms with Crippen LogP contribution in [0.15, 0.2) is 42.4 Å². The van der Waals surface area contributed by atoms with Gasteiger partial charge in [0.05, 0.1) is 18.0 Å². The van der Waals surface area contributed by atoms with Gasteiger partial charge < -0.3 is 25.0 Å². The van der Waals surface area contributed by atoms with E-state index in [1.54, 1.807) is 53.8 Å². The second kappa shape index (κ2) is 15.3. The third kappa shape index (κ3) is 9.96. The number of amides is 5. The van der Waals surface area contributed by atoms with Gasteiger partial charge in [0, 0.05) is 29.5 Å². The molecule has 5 rings (SSSR count). The summed E-state index contributed by atoms with van der Waals surface area (Å²) in [6.07, 6.45) is 1.92. The zero-order valence-corrected chi connectivity index (χ0v) is 33.3. The first-order valence-corrected chi connectivity index (χ1v) is 20.4. The highest BCUT2D eigenvalue weighted by molar-refractivity contribution is 7.90. The minimum Gasteiger partial charge on any atom is -0.444 e. The Morgan fingerprint density at radius 2 is 1.81 bits per heavy atom. The highest BCUT2D eigenvalue weighted by Gasteiger charge is 2.61. The summed E-state index contributed by atoms with van der Waals surface area (Å²) in [4.78, 5) is 74.0. The average Bonchev–Trinajstić information content (AvgIpc) is 3.86. The first kappa shape index (κ1) is 40.7. The molecule has 2 aromatic rings. The summed E-state index contributed by atoms with van der Waals surface area (Å²) in [5, 5.41) is 10.6. The van der Waals surface area contributed by atoms with E-state index in [1.165, 1.54) is 22.3 Å². The molecule has 1 aliphatic heterocycles. The van der Waals surface area contributed by atoms with Gasteiger partial charge in [-0.05, 0) is 76.0 Å². The Bertz CT molecular complexity index is 1900. The molecule has 17 heteroatoms. The summed E-state index contributed by atoms with van der Waals surface area (Å²) >= 11 is 1.40. The number of sulfonamides is 1. The fraction of sp³-hybridized carbons (Fsp3) is 0.568. The SMILES string of the molecule is C=CC1C[C@]1(NC(=O)[C@@H]1C[C@@H](OC(=O)Nc2cc(C)ccc2-c2nccs2)CN1C(=O)[C@@H](NC(=O)OC(C)(C)C)C(C)(C)C)C(=O)NS(=O)(=O)CC1CC1. The van der Waals surface area contributed by atoms with Crippen molar-refractivity contribution >= 4 is 57.0 Å². The van der Waals surface area contributed by atoms with Crippen LogP contribution in [-0.2, 0) is 33.9 Å². The van der Waals surface area contributed by atoms with E-state index in [1.807, 2.05) is 24.4 Å². The quantitative estimate of drug-likeness (QED) is 0.222. The number of carbonyl (C=O) groups is 5. The van der Waals surface area contributed by atoms with Crippen LogP contribution in [0, 0.1) is 24.2 Å². The summed E-state index contributed by atoms with van der Waals surface area (Å²) in [5.74, 6) is -3.08. The van der Waals surface area contributed by atoms with Gasteiger partial charge >= 0.3 is 12.2 Å². The van der Waals surface area contributed by atoms with Crippen molar-refractivity contribution in [3.8, 4) is 10.6 Å². The molecule has 3 fully saturated rings. The Hall–Kier alpha value is -4.51. The second-order valence-corrected chi connectivity index (χ2v) is 19.1. The minimum atomic E-state index is -3.96. The third-order valence-corrected chi connectivity index (χ3v) is 11.6. The molecule has 2 heterocycles. The number of hydrogen-bond donors (Lipinski definition) is 4. The summed E-state index contributed by atoms with van der Waals surface area (Å²) in [6.45, 7) is 15.7. The molecule has 15 nitrogen and oxygen atoms in total. The van der Waals surface area contributed by atoms with E-state index >= 15 is 0 Å². The van der Waals surface area contributed by atoms with Crippen LogP contribution in [0.5, 0.6) is 0 Å². The number of thiazole rings is 1. The predicted molar refractivity (Wildman–Crippen MR) is 203 cm³/mol. The normalized spacial score (nSPS) is 23.1. The number of rotatable bonds is 12. The summed E-state index contributed by atoms with van der Waals surface area (Å²) in [5.41, 5.74) is -1.33.